The Labute approximate surface area is 206 Å². The molecule has 1 saturated carbocycles. The van der Waals surface area contributed by atoms with E-state index < -0.39 is 0 Å². The Hall–Kier alpha value is -1.42. The smallest absolute Gasteiger partial charge is 0.225 e. The van der Waals surface area contributed by atoms with Crippen molar-refractivity contribution in [2.75, 3.05) is 39.9 Å². The number of benzene rings is 1. The zero-order valence-electron chi connectivity index (χ0n) is 18.0. The summed E-state index contributed by atoms with van der Waals surface area (Å²) in [6, 6.07) is 4.16. The van der Waals surface area contributed by atoms with Gasteiger partial charge in [-0.1, -0.05) is 24.4 Å². The van der Waals surface area contributed by atoms with Crippen molar-refractivity contribution in [2.24, 2.45) is 10.9 Å². The molecule has 172 valence electrons. The molecule has 1 aromatic rings. The van der Waals surface area contributed by atoms with Crippen LogP contribution in [0.25, 0.3) is 0 Å². The zero-order chi connectivity index (χ0) is 20.9. The van der Waals surface area contributed by atoms with Gasteiger partial charge in [0.05, 0.1) is 5.02 Å². The number of nitrogens with one attached hydrogen (secondary N) is 2. The summed E-state index contributed by atoms with van der Waals surface area (Å²) in [5.74, 6) is 2.70. The topological polar surface area (TPSA) is 75.2 Å². The van der Waals surface area contributed by atoms with E-state index in [1.54, 1.807) is 7.05 Å². The third-order valence-corrected chi connectivity index (χ3v) is 6.41. The second kappa shape index (κ2) is 11.4. The lowest BCUT2D eigenvalue weighted by molar-refractivity contribution is -0.134. The average molecular weight is 563 g/mol. The number of ether oxygens (including phenoxy) is 2. The second-order valence-corrected chi connectivity index (χ2v) is 8.65. The number of hydrogen-bond acceptors (Lipinski definition) is 4. The van der Waals surface area contributed by atoms with E-state index in [1.807, 2.05) is 17.0 Å². The molecule has 1 unspecified atom stereocenters. The summed E-state index contributed by atoms with van der Waals surface area (Å²) in [7, 11) is 1.77. The Morgan fingerprint density at radius 3 is 2.77 bits per heavy atom. The molecule has 1 aromatic carbocycles. The van der Waals surface area contributed by atoms with Crippen LogP contribution in [0.15, 0.2) is 17.1 Å². The highest BCUT2D eigenvalue weighted by molar-refractivity contribution is 14.0. The molecule has 2 N–H and O–H groups in total. The van der Waals surface area contributed by atoms with E-state index in [9.17, 15) is 4.79 Å². The summed E-state index contributed by atoms with van der Waals surface area (Å²) in [5, 5.41) is 7.41. The van der Waals surface area contributed by atoms with Crippen molar-refractivity contribution in [2.45, 2.75) is 44.6 Å². The lowest BCUT2D eigenvalue weighted by atomic mass is 10.1. The van der Waals surface area contributed by atoms with E-state index in [0.29, 0.717) is 42.2 Å². The number of aliphatic imine (C=N–C) groups is 1. The number of likely N-dealkylation sites (tertiary alicyclic amines) is 1. The van der Waals surface area contributed by atoms with Crippen LogP contribution in [0.3, 0.4) is 0 Å². The Balaban J connectivity index is 0.00000272. The predicted octanol–water partition coefficient (Wildman–Crippen LogP) is 3.23. The predicted molar refractivity (Wildman–Crippen MR) is 133 cm³/mol. The molecule has 9 heteroatoms. The average Bonchev–Trinajstić information content (AvgIpc) is 3.45. The number of fused-ring (bicyclic) bond motifs is 1. The van der Waals surface area contributed by atoms with Gasteiger partial charge in [-0.25, -0.2) is 0 Å². The highest BCUT2D eigenvalue weighted by Crippen LogP contribution is 2.38. The molecule has 1 aliphatic carbocycles. The van der Waals surface area contributed by atoms with Gasteiger partial charge in [-0.3, -0.25) is 9.79 Å². The zero-order valence-corrected chi connectivity index (χ0v) is 21.1. The van der Waals surface area contributed by atoms with Crippen molar-refractivity contribution < 1.29 is 14.3 Å². The fourth-order valence-corrected chi connectivity index (χ4v) is 4.82. The molecular formula is C22H32ClIN4O3. The molecule has 0 bridgehead atoms. The van der Waals surface area contributed by atoms with Gasteiger partial charge in [-0.15, -0.1) is 24.0 Å². The number of rotatable bonds is 5. The van der Waals surface area contributed by atoms with Gasteiger partial charge >= 0.3 is 0 Å². The van der Waals surface area contributed by atoms with Crippen molar-refractivity contribution in [3.8, 4) is 11.5 Å². The Morgan fingerprint density at radius 2 is 2.00 bits per heavy atom. The minimum absolute atomic E-state index is 0. The van der Waals surface area contributed by atoms with Crippen LogP contribution in [-0.4, -0.2) is 62.7 Å². The Bertz CT molecular complexity index is 801. The Morgan fingerprint density at radius 1 is 1.23 bits per heavy atom. The third kappa shape index (κ3) is 6.09. The molecule has 2 heterocycles. The minimum atomic E-state index is 0. The van der Waals surface area contributed by atoms with Crippen LogP contribution < -0.4 is 20.1 Å². The van der Waals surface area contributed by atoms with Crippen molar-refractivity contribution in [3.05, 3.63) is 22.7 Å². The van der Waals surface area contributed by atoms with Gasteiger partial charge in [0.1, 0.15) is 13.2 Å². The van der Waals surface area contributed by atoms with E-state index in [-0.39, 0.29) is 35.9 Å². The first-order valence-electron chi connectivity index (χ1n) is 11.0. The Kier molecular flexibility index (Phi) is 8.95. The summed E-state index contributed by atoms with van der Waals surface area (Å²) >= 11 is 6.32. The normalized spacial score (nSPS) is 21.0. The first-order valence-corrected chi connectivity index (χ1v) is 11.4. The van der Waals surface area contributed by atoms with Crippen LogP contribution >= 0.6 is 35.6 Å². The first kappa shape index (κ1) is 24.2. The monoisotopic (exact) mass is 562 g/mol. The number of carbonyl (C=O) groups is 1. The van der Waals surface area contributed by atoms with E-state index in [0.717, 1.165) is 50.3 Å². The third-order valence-electron chi connectivity index (χ3n) is 6.13. The van der Waals surface area contributed by atoms with E-state index >= 15 is 0 Å². The molecule has 1 amide bonds. The molecular weight excluding hydrogens is 531 g/mol. The van der Waals surface area contributed by atoms with Crippen LogP contribution in [0.4, 0.5) is 0 Å². The highest BCUT2D eigenvalue weighted by Gasteiger charge is 2.32. The molecule has 1 atom stereocenters. The maximum absolute atomic E-state index is 12.6. The van der Waals surface area contributed by atoms with E-state index in [2.05, 4.69) is 15.6 Å². The maximum atomic E-state index is 12.6. The fraction of sp³-hybridized carbons (Fsp3) is 0.636. The molecule has 0 radical (unpaired) electrons. The summed E-state index contributed by atoms with van der Waals surface area (Å²) in [6.07, 6.45) is 6.24. The van der Waals surface area contributed by atoms with Gasteiger partial charge in [-0.05, 0) is 43.4 Å². The van der Waals surface area contributed by atoms with Gasteiger partial charge in [0.15, 0.2) is 17.5 Å². The number of carbonyl (C=O) groups excluding carboxylic acids is 1. The molecule has 1 saturated heterocycles. The minimum Gasteiger partial charge on any atom is -0.486 e. The summed E-state index contributed by atoms with van der Waals surface area (Å²) in [6.45, 7) is 3.38. The van der Waals surface area contributed by atoms with Crippen LogP contribution in [0.1, 0.15) is 37.7 Å². The second-order valence-electron chi connectivity index (χ2n) is 8.25. The quantitative estimate of drug-likeness (QED) is 0.328. The molecule has 2 fully saturated rings. The molecule has 3 aliphatic rings. The largest absolute Gasteiger partial charge is 0.486 e. The first-order chi connectivity index (χ1) is 14.6. The molecule has 4 rings (SSSR count). The number of guanidine groups is 1. The van der Waals surface area contributed by atoms with Crippen LogP contribution in [0.5, 0.6) is 11.5 Å². The van der Waals surface area contributed by atoms with Gasteiger partial charge in [0.25, 0.3) is 0 Å². The van der Waals surface area contributed by atoms with Crippen molar-refractivity contribution in [1.29, 1.82) is 0 Å². The highest BCUT2D eigenvalue weighted by atomic mass is 127. The molecule has 7 nitrogen and oxygen atoms in total. The van der Waals surface area contributed by atoms with Gasteiger partial charge in [-0.2, -0.15) is 0 Å². The van der Waals surface area contributed by atoms with Gasteiger partial charge in [0, 0.05) is 38.6 Å². The molecule has 0 spiro atoms. The van der Waals surface area contributed by atoms with Crippen LogP contribution in [0, 0.1) is 5.92 Å². The summed E-state index contributed by atoms with van der Waals surface area (Å²) in [5.41, 5.74) is 1.08. The van der Waals surface area contributed by atoms with Crippen LogP contribution in [-0.2, 0) is 11.2 Å². The van der Waals surface area contributed by atoms with E-state index in [4.69, 9.17) is 21.1 Å². The van der Waals surface area contributed by atoms with E-state index in [1.165, 1.54) is 12.8 Å². The maximum Gasteiger partial charge on any atom is 0.225 e. The van der Waals surface area contributed by atoms with Crippen molar-refractivity contribution in [1.82, 2.24) is 15.5 Å². The fourth-order valence-electron chi connectivity index (χ4n) is 4.53. The summed E-state index contributed by atoms with van der Waals surface area (Å²) in [4.78, 5) is 19.0. The van der Waals surface area contributed by atoms with Crippen LogP contribution in [0.2, 0.25) is 5.02 Å². The van der Waals surface area contributed by atoms with Gasteiger partial charge in [0.2, 0.25) is 5.91 Å². The molecule has 0 aromatic heterocycles. The standard InChI is InChI=1S/C22H31ClN4O3.HI/c1-24-22(26-17-7-9-27(14-17)21(28)16-4-2-3-5-16)25-8-6-15-12-18(23)20-19(13-15)29-10-11-30-20;/h12-13,16-17H,2-11,14H2,1H3,(H2,24,25,26);1H. The molecule has 2 aliphatic heterocycles. The SMILES string of the molecule is CN=C(NCCc1cc(Cl)c2c(c1)OCCO2)NC1CCN(C(=O)C2CCCC2)C1.I. The summed E-state index contributed by atoms with van der Waals surface area (Å²) < 4.78 is 11.2. The van der Waals surface area contributed by atoms with Crippen molar-refractivity contribution >= 4 is 47.4 Å². The van der Waals surface area contributed by atoms with Crippen molar-refractivity contribution in [3.63, 3.8) is 0 Å². The molecule has 31 heavy (non-hydrogen) atoms. The number of halogens is 2. The number of amides is 1. The number of nitrogens with zero attached hydrogens (tertiary/aromatic N) is 2. The number of hydrogen-bond donors (Lipinski definition) is 2. The lowest BCUT2D eigenvalue weighted by Gasteiger charge is -2.22. The van der Waals surface area contributed by atoms with Gasteiger partial charge < -0.3 is 25.0 Å². The lowest BCUT2D eigenvalue weighted by Crippen LogP contribution is -2.45.